The standard InChI is InChI=1S/C15H11N3O2/c16-10-14(11-5-2-1-3-6-11)15(17)12-7-4-8-13(9-12)18(19)20/h1-9H,17H2/b15-14-. The lowest BCUT2D eigenvalue weighted by molar-refractivity contribution is -0.384. The lowest BCUT2D eigenvalue weighted by Gasteiger charge is -2.06. The molecule has 0 unspecified atom stereocenters. The number of nitriles is 1. The van der Waals surface area contributed by atoms with Crippen molar-refractivity contribution in [3.8, 4) is 6.07 Å². The van der Waals surface area contributed by atoms with Crippen LogP contribution in [0.3, 0.4) is 0 Å². The highest BCUT2D eigenvalue weighted by Gasteiger charge is 2.11. The van der Waals surface area contributed by atoms with Gasteiger partial charge < -0.3 is 5.73 Å². The molecule has 0 fully saturated rings. The Kier molecular flexibility index (Phi) is 3.77. The Hall–Kier alpha value is -3.13. The predicted molar refractivity (Wildman–Crippen MR) is 76.2 cm³/mol. The van der Waals surface area contributed by atoms with E-state index in [4.69, 9.17) is 5.73 Å². The number of nitro benzene ring substituents is 1. The molecule has 5 heteroatoms. The van der Waals surface area contributed by atoms with Crippen molar-refractivity contribution in [1.29, 1.82) is 5.26 Å². The number of rotatable bonds is 3. The van der Waals surface area contributed by atoms with Crippen molar-refractivity contribution in [3.63, 3.8) is 0 Å². The summed E-state index contributed by atoms with van der Waals surface area (Å²) in [6.07, 6.45) is 0. The average molecular weight is 265 g/mol. The zero-order valence-electron chi connectivity index (χ0n) is 10.5. The van der Waals surface area contributed by atoms with Crippen molar-refractivity contribution in [2.75, 3.05) is 0 Å². The van der Waals surface area contributed by atoms with Crippen LogP contribution >= 0.6 is 0 Å². The summed E-state index contributed by atoms with van der Waals surface area (Å²) in [5.41, 5.74) is 7.59. The van der Waals surface area contributed by atoms with E-state index in [0.29, 0.717) is 16.7 Å². The molecule has 0 aliphatic carbocycles. The van der Waals surface area contributed by atoms with Crippen LogP contribution in [0.15, 0.2) is 54.6 Å². The third-order valence-electron chi connectivity index (χ3n) is 2.81. The Morgan fingerprint density at radius 1 is 1.10 bits per heavy atom. The van der Waals surface area contributed by atoms with Crippen molar-refractivity contribution >= 4 is 17.0 Å². The summed E-state index contributed by atoms with van der Waals surface area (Å²) in [6.45, 7) is 0. The van der Waals surface area contributed by atoms with Crippen molar-refractivity contribution in [2.24, 2.45) is 5.73 Å². The number of hydrogen-bond acceptors (Lipinski definition) is 4. The first-order valence-corrected chi connectivity index (χ1v) is 5.83. The molecule has 20 heavy (non-hydrogen) atoms. The van der Waals surface area contributed by atoms with Crippen LogP contribution in [-0.2, 0) is 0 Å². The van der Waals surface area contributed by atoms with Gasteiger partial charge in [0.1, 0.15) is 6.07 Å². The first-order chi connectivity index (χ1) is 9.63. The molecule has 0 heterocycles. The van der Waals surface area contributed by atoms with Crippen LogP contribution < -0.4 is 5.73 Å². The number of nitrogens with zero attached hydrogens (tertiary/aromatic N) is 2. The van der Waals surface area contributed by atoms with Gasteiger partial charge in [-0.3, -0.25) is 10.1 Å². The summed E-state index contributed by atoms with van der Waals surface area (Å²) >= 11 is 0. The fraction of sp³-hybridized carbons (Fsp3) is 0. The van der Waals surface area contributed by atoms with Crippen LogP contribution in [0.5, 0.6) is 0 Å². The summed E-state index contributed by atoms with van der Waals surface area (Å²) in [5, 5.41) is 20.0. The van der Waals surface area contributed by atoms with Gasteiger partial charge in [-0.2, -0.15) is 5.26 Å². The number of benzene rings is 2. The van der Waals surface area contributed by atoms with Gasteiger partial charge in [0.15, 0.2) is 0 Å². The van der Waals surface area contributed by atoms with E-state index >= 15 is 0 Å². The van der Waals surface area contributed by atoms with Crippen LogP contribution in [0.2, 0.25) is 0 Å². The minimum atomic E-state index is -0.495. The smallest absolute Gasteiger partial charge is 0.270 e. The zero-order valence-corrected chi connectivity index (χ0v) is 10.5. The summed E-state index contributed by atoms with van der Waals surface area (Å²) < 4.78 is 0. The molecule has 0 radical (unpaired) electrons. The molecule has 2 rings (SSSR count). The highest BCUT2D eigenvalue weighted by atomic mass is 16.6. The molecule has 2 N–H and O–H groups in total. The Morgan fingerprint density at radius 3 is 2.35 bits per heavy atom. The van der Waals surface area contributed by atoms with Crippen LogP contribution in [-0.4, -0.2) is 4.92 Å². The van der Waals surface area contributed by atoms with Crippen molar-refractivity contribution in [2.45, 2.75) is 0 Å². The summed E-state index contributed by atoms with van der Waals surface area (Å²) in [7, 11) is 0. The predicted octanol–water partition coefficient (Wildman–Crippen LogP) is 2.95. The first kappa shape index (κ1) is 13.3. The number of non-ortho nitro benzene ring substituents is 1. The van der Waals surface area contributed by atoms with Gasteiger partial charge in [0.25, 0.3) is 5.69 Å². The minimum Gasteiger partial charge on any atom is -0.397 e. The number of nitrogens with two attached hydrogens (primary N) is 1. The molecule has 0 spiro atoms. The molecular weight excluding hydrogens is 254 g/mol. The summed E-state index contributed by atoms with van der Waals surface area (Å²) in [5.74, 6) is 0. The number of hydrogen-bond donors (Lipinski definition) is 1. The van der Waals surface area contributed by atoms with Crippen LogP contribution in [0, 0.1) is 21.4 Å². The van der Waals surface area contributed by atoms with Crippen LogP contribution in [0.1, 0.15) is 11.1 Å². The molecule has 98 valence electrons. The third-order valence-corrected chi connectivity index (χ3v) is 2.81. The topological polar surface area (TPSA) is 93.0 Å². The molecule has 0 amide bonds. The van der Waals surface area contributed by atoms with Crippen LogP contribution in [0.4, 0.5) is 5.69 Å². The van der Waals surface area contributed by atoms with E-state index in [1.807, 2.05) is 6.07 Å². The average Bonchev–Trinajstić information content (AvgIpc) is 2.49. The molecule has 0 bridgehead atoms. The maximum absolute atomic E-state index is 10.8. The highest BCUT2D eigenvalue weighted by Crippen LogP contribution is 2.24. The van der Waals surface area contributed by atoms with Crippen molar-refractivity contribution < 1.29 is 4.92 Å². The number of nitro groups is 1. The van der Waals surface area contributed by atoms with Crippen LogP contribution in [0.25, 0.3) is 11.3 Å². The third kappa shape index (κ3) is 2.65. The van der Waals surface area contributed by atoms with Gasteiger partial charge in [-0.25, -0.2) is 0 Å². The molecule has 2 aromatic carbocycles. The van der Waals surface area contributed by atoms with E-state index in [-0.39, 0.29) is 11.4 Å². The van der Waals surface area contributed by atoms with Gasteiger partial charge in [-0.05, 0) is 5.56 Å². The normalized spacial score (nSPS) is 11.3. The van der Waals surface area contributed by atoms with Crippen molar-refractivity contribution in [1.82, 2.24) is 0 Å². The van der Waals surface area contributed by atoms with Crippen molar-refractivity contribution in [3.05, 3.63) is 75.8 Å². The largest absolute Gasteiger partial charge is 0.397 e. The Labute approximate surface area is 115 Å². The van der Waals surface area contributed by atoms with Gasteiger partial charge in [-0.1, -0.05) is 42.5 Å². The van der Waals surface area contributed by atoms with Gasteiger partial charge in [0, 0.05) is 17.7 Å². The summed E-state index contributed by atoms with van der Waals surface area (Å²) in [4.78, 5) is 10.3. The zero-order chi connectivity index (χ0) is 14.5. The van der Waals surface area contributed by atoms with E-state index in [1.165, 1.54) is 12.1 Å². The molecular formula is C15H11N3O2. The van der Waals surface area contributed by atoms with Gasteiger partial charge in [-0.15, -0.1) is 0 Å². The van der Waals surface area contributed by atoms with Gasteiger partial charge in [0.2, 0.25) is 0 Å². The quantitative estimate of drug-likeness (QED) is 0.399. The molecule has 0 saturated carbocycles. The summed E-state index contributed by atoms with van der Waals surface area (Å²) in [6, 6.07) is 16.9. The molecule has 0 atom stereocenters. The second-order valence-corrected chi connectivity index (χ2v) is 4.07. The Balaban J connectivity index is 2.55. The lowest BCUT2D eigenvalue weighted by Crippen LogP contribution is -2.01. The Morgan fingerprint density at radius 2 is 1.75 bits per heavy atom. The fourth-order valence-corrected chi connectivity index (χ4v) is 1.82. The van der Waals surface area contributed by atoms with Gasteiger partial charge in [0.05, 0.1) is 16.2 Å². The maximum atomic E-state index is 10.8. The maximum Gasteiger partial charge on any atom is 0.270 e. The van der Waals surface area contributed by atoms with E-state index in [0.717, 1.165) is 0 Å². The SMILES string of the molecule is N#C/C(=C(/N)c1cccc([N+](=O)[O-])c1)c1ccccc1. The first-order valence-electron chi connectivity index (χ1n) is 5.83. The Bertz CT molecular complexity index is 715. The molecule has 0 aromatic heterocycles. The molecule has 0 aliphatic heterocycles. The fourth-order valence-electron chi connectivity index (χ4n) is 1.82. The molecule has 5 nitrogen and oxygen atoms in total. The van der Waals surface area contributed by atoms with Gasteiger partial charge >= 0.3 is 0 Å². The van der Waals surface area contributed by atoms with E-state index in [9.17, 15) is 15.4 Å². The van der Waals surface area contributed by atoms with E-state index in [1.54, 1.807) is 36.4 Å². The second kappa shape index (κ2) is 5.67. The second-order valence-electron chi connectivity index (χ2n) is 4.07. The van der Waals surface area contributed by atoms with E-state index in [2.05, 4.69) is 6.07 Å². The molecule has 0 aliphatic rings. The van der Waals surface area contributed by atoms with E-state index < -0.39 is 4.92 Å². The highest BCUT2D eigenvalue weighted by molar-refractivity contribution is 5.96. The lowest BCUT2D eigenvalue weighted by atomic mass is 10.0. The molecule has 0 saturated heterocycles. The molecule has 2 aromatic rings. The monoisotopic (exact) mass is 265 g/mol. The minimum absolute atomic E-state index is 0.0594. The number of allylic oxidation sites excluding steroid dienone is 1.